The van der Waals surface area contributed by atoms with Gasteiger partial charge in [0, 0.05) is 6.92 Å². The molecule has 0 spiro atoms. The molecule has 4 heteroatoms. The van der Waals surface area contributed by atoms with Crippen molar-refractivity contribution in [2.45, 2.75) is 13.5 Å². The number of amides is 2. The zero-order valence-corrected chi connectivity index (χ0v) is 7.86. The van der Waals surface area contributed by atoms with E-state index in [1.807, 2.05) is 30.3 Å². The fraction of sp³-hybridized carbons (Fsp3) is 0.200. The maximum Gasteiger partial charge on any atom is 0.332 e. The quantitative estimate of drug-likeness (QED) is 0.560. The molecule has 0 saturated heterocycles. The van der Waals surface area contributed by atoms with Gasteiger partial charge in [0.1, 0.15) is 0 Å². The number of rotatable bonds is 4. The van der Waals surface area contributed by atoms with E-state index in [9.17, 15) is 9.59 Å². The molecule has 1 N–H and O–H groups in total. The number of carbonyl (C=O) groups is 1. The second-order valence-corrected chi connectivity index (χ2v) is 2.83. The molecule has 0 aliphatic carbocycles. The van der Waals surface area contributed by atoms with Crippen molar-refractivity contribution in [3.63, 3.8) is 0 Å². The first-order valence-corrected chi connectivity index (χ1v) is 4.19. The van der Waals surface area contributed by atoms with Crippen LogP contribution >= 0.6 is 0 Å². The minimum atomic E-state index is -0.288. The topological polar surface area (TPSA) is 49.4 Å². The van der Waals surface area contributed by atoms with Crippen LogP contribution in [0.4, 0.5) is 0 Å². The van der Waals surface area contributed by atoms with Gasteiger partial charge in [-0.1, -0.05) is 30.3 Å². The second-order valence-electron chi connectivity index (χ2n) is 2.83. The van der Waals surface area contributed by atoms with Crippen LogP contribution in [0.25, 0.3) is 0 Å². The number of benzene rings is 1. The molecule has 14 heavy (non-hydrogen) atoms. The van der Waals surface area contributed by atoms with Gasteiger partial charge in [0.2, 0.25) is 5.91 Å². The lowest BCUT2D eigenvalue weighted by molar-refractivity contribution is -0.122. The summed E-state index contributed by atoms with van der Waals surface area (Å²) in [6, 6.07) is 9.35. The zero-order chi connectivity index (χ0) is 10.4. The van der Waals surface area contributed by atoms with Crippen molar-refractivity contribution in [2.24, 2.45) is 0 Å². The summed E-state index contributed by atoms with van der Waals surface area (Å²) in [5, 5.41) is 1.08. The Morgan fingerprint density at radius 1 is 1.43 bits per heavy atom. The highest BCUT2D eigenvalue weighted by Crippen LogP contribution is 2.00. The van der Waals surface area contributed by atoms with Crippen LogP contribution in [0.3, 0.4) is 0 Å². The lowest BCUT2D eigenvalue weighted by Crippen LogP contribution is -2.39. The standard InChI is InChI=1S/C10H11N2O2/c1-9(14)11-12(8-13)7-10-5-3-2-4-6-10/h2-6H,7H2,1H3,(H,11,14). The summed E-state index contributed by atoms with van der Waals surface area (Å²) in [5.74, 6) is -0.288. The maximum atomic E-state index is 10.7. The lowest BCUT2D eigenvalue weighted by Gasteiger charge is -2.15. The summed E-state index contributed by atoms with van der Waals surface area (Å²) in [4.78, 5) is 21.1. The smallest absolute Gasteiger partial charge is 0.274 e. The van der Waals surface area contributed by atoms with Crippen LogP contribution in [0, 0.1) is 0 Å². The molecule has 1 aromatic rings. The molecular weight excluding hydrogens is 180 g/mol. The summed E-state index contributed by atoms with van der Waals surface area (Å²) in [6.45, 7) is 1.67. The Bertz CT molecular complexity index is 311. The van der Waals surface area contributed by atoms with Crippen LogP contribution in [-0.2, 0) is 16.1 Å². The predicted octanol–water partition coefficient (Wildman–Crippen LogP) is 0.607. The Labute approximate surface area is 82.5 Å². The van der Waals surface area contributed by atoms with E-state index in [2.05, 4.69) is 5.43 Å². The van der Waals surface area contributed by atoms with E-state index >= 15 is 0 Å². The second kappa shape index (κ2) is 5.01. The van der Waals surface area contributed by atoms with Crippen molar-refractivity contribution < 1.29 is 9.59 Å². The van der Waals surface area contributed by atoms with Crippen molar-refractivity contribution in [3.05, 3.63) is 35.9 Å². The highest BCUT2D eigenvalue weighted by Gasteiger charge is 2.04. The number of nitrogens with zero attached hydrogens (tertiary/aromatic N) is 1. The van der Waals surface area contributed by atoms with E-state index in [4.69, 9.17) is 0 Å². The van der Waals surface area contributed by atoms with Crippen molar-refractivity contribution in [1.29, 1.82) is 0 Å². The van der Waals surface area contributed by atoms with Gasteiger partial charge in [-0.3, -0.25) is 15.0 Å². The van der Waals surface area contributed by atoms with Crippen LogP contribution < -0.4 is 5.43 Å². The summed E-state index contributed by atoms with van der Waals surface area (Å²) in [7, 11) is 0. The first-order chi connectivity index (χ1) is 6.72. The Morgan fingerprint density at radius 2 is 2.07 bits per heavy atom. The Kier molecular flexibility index (Phi) is 3.67. The number of carbonyl (C=O) groups excluding carboxylic acids is 2. The molecular formula is C10H11N2O2. The highest BCUT2D eigenvalue weighted by atomic mass is 16.2. The predicted molar refractivity (Wildman–Crippen MR) is 51.5 cm³/mol. The van der Waals surface area contributed by atoms with Gasteiger partial charge in [-0.25, -0.2) is 5.01 Å². The molecule has 0 unspecified atom stereocenters. The number of hydrazine groups is 1. The molecule has 1 radical (unpaired) electrons. The molecule has 0 aliphatic heterocycles. The van der Waals surface area contributed by atoms with Gasteiger partial charge >= 0.3 is 6.41 Å². The number of nitrogens with one attached hydrogen (secondary N) is 1. The van der Waals surface area contributed by atoms with E-state index in [0.29, 0.717) is 6.54 Å². The SMILES string of the molecule is CC(=O)NN([C]=O)Cc1ccccc1. The van der Waals surface area contributed by atoms with Gasteiger partial charge in [-0.15, -0.1) is 0 Å². The Morgan fingerprint density at radius 3 is 2.57 bits per heavy atom. The van der Waals surface area contributed by atoms with Gasteiger partial charge < -0.3 is 0 Å². The molecule has 4 nitrogen and oxygen atoms in total. The van der Waals surface area contributed by atoms with Gasteiger partial charge in [0.25, 0.3) is 0 Å². The van der Waals surface area contributed by atoms with Crippen molar-refractivity contribution in [2.75, 3.05) is 0 Å². The molecule has 2 amide bonds. The molecule has 0 fully saturated rings. The van der Waals surface area contributed by atoms with E-state index < -0.39 is 0 Å². The summed E-state index contributed by atoms with van der Waals surface area (Å²) in [6.07, 6.45) is 1.63. The van der Waals surface area contributed by atoms with Gasteiger partial charge in [0.15, 0.2) is 0 Å². The molecule has 73 valence electrons. The number of hydrogen-bond donors (Lipinski definition) is 1. The van der Waals surface area contributed by atoms with Crippen LogP contribution in [0.5, 0.6) is 0 Å². The molecule has 1 aromatic carbocycles. The molecule has 0 heterocycles. The van der Waals surface area contributed by atoms with Crippen molar-refractivity contribution in [1.82, 2.24) is 10.4 Å². The lowest BCUT2D eigenvalue weighted by atomic mass is 10.2. The number of hydrogen-bond acceptors (Lipinski definition) is 2. The Hall–Kier alpha value is -1.84. The third kappa shape index (κ3) is 3.26. The minimum Gasteiger partial charge on any atom is -0.274 e. The summed E-state index contributed by atoms with van der Waals surface area (Å²) >= 11 is 0. The van der Waals surface area contributed by atoms with Crippen LogP contribution in [0.1, 0.15) is 12.5 Å². The van der Waals surface area contributed by atoms with Crippen molar-refractivity contribution in [3.8, 4) is 0 Å². The van der Waals surface area contributed by atoms with Gasteiger partial charge in [0.05, 0.1) is 6.54 Å². The van der Waals surface area contributed by atoms with E-state index in [-0.39, 0.29) is 5.91 Å². The largest absolute Gasteiger partial charge is 0.332 e. The van der Waals surface area contributed by atoms with Gasteiger partial charge in [-0.2, -0.15) is 0 Å². The molecule has 0 bridgehead atoms. The average molecular weight is 191 g/mol. The summed E-state index contributed by atoms with van der Waals surface area (Å²) in [5.41, 5.74) is 3.28. The van der Waals surface area contributed by atoms with E-state index in [1.54, 1.807) is 6.41 Å². The fourth-order valence-electron chi connectivity index (χ4n) is 1.05. The third-order valence-corrected chi connectivity index (χ3v) is 1.59. The van der Waals surface area contributed by atoms with Crippen molar-refractivity contribution >= 4 is 12.3 Å². The molecule has 1 rings (SSSR count). The fourth-order valence-corrected chi connectivity index (χ4v) is 1.05. The maximum absolute atomic E-state index is 10.7. The molecule has 0 aromatic heterocycles. The van der Waals surface area contributed by atoms with E-state index in [1.165, 1.54) is 6.92 Å². The molecule has 0 aliphatic rings. The molecule has 0 atom stereocenters. The normalized spacial score (nSPS) is 9.21. The zero-order valence-electron chi connectivity index (χ0n) is 7.86. The van der Waals surface area contributed by atoms with E-state index in [0.717, 1.165) is 10.6 Å². The first-order valence-electron chi connectivity index (χ1n) is 4.19. The highest BCUT2D eigenvalue weighted by molar-refractivity contribution is 5.74. The average Bonchev–Trinajstić information content (AvgIpc) is 2.17. The van der Waals surface area contributed by atoms with Crippen LogP contribution in [-0.4, -0.2) is 17.3 Å². The third-order valence-electron chi connectivity index (χ3n) is 1.59. The first kappa shape index (κ1) is 10.2. The van der Waals surface area contributed by atoms with Crippen LogP contribution in [0.15, 0.2) is 30.3 Å². The molecule has 0 saturated carbocycles. The monoisotopic (exact) mass is 191 g/mol. The van der Waals surface area contributed by atoms with Crippen LogP contribution in [0.2, 0.25) is 0 Å². The minimum absolute atomic E-state index is 0.288. The van der Waals surface area contributed by atoms with Gasteiger partial charge in [-0.05, 0) is 5.56 Å². The Balaban J connectivity index is 2.57. The summed E-state index contributed by atoms with van der Waals surface area (Å²) < 4.78 is 0.